The molecule has 0 saturated heterocycles. The number of nitrogens with two attached hydrogens (primary N) is 1. The second kappa shape index (κ2) is 5.66. The van der Waals surface area contributed by atoms with Crippen LogP contribution >= 0.6 is 0 Å². The fourth-order valence-corrected chi connectivity index (χ4v) is 1.29. The van der Waals surface area contributed by atoms with Gasteiger partial charge in [-0.3, -0.25) is 4.79 Å². The molecule has 1 rings (SSSR count). The van der Waals surface area contributed by atoms with E-state index in [0.29, 0.717) is 24.8 Å². The Kier molecular flexibility index (Phi) is 4.47. The van der Waals surface area contributed by atoms with Gasteiger partial charge < -0.3 is 15.8 Å². The van der Waals surface area contributed by atoms with Crippen LogP contribution in [0.25, 0.3) is 0 Å². The Balaban J connectivity index is 2.80. The number of anilines is 1. The Labute approximate surface area is 107 Å². The number of rotatable bonds is 6. The summed E-state index contributed by atoms with van der Waals surface area (Å²) in [5, 5.41) is 3.10. The molecule has 100 valence electrons. The van der Waals surface area contributed by atoms with Gasteiger partial charge in [0.1, 0.15) is 12.1 Å². The molecule has 0 radical (unpaired) electrons. The molecule has 0 atom stereocenters. The van der Waals surface area contributed by atoms with E-state index in [2.05, 4.69) is 15.3 Å². The van der Waals surface area contributed by atoms with Crippen LogP contribution in [-0.2, 0) is 4.79 Å². The summed E-state index contributed by atoms with van der Waals surface area (Å²) in [6.45, 7) is 8.27. The van der Waals surface area contributed by atoms with Crippen molar-refractivity contribution in [1.29, 1.82) is 0 Å². The first kappa shape index (κ1) is 14.2. The van der Waals surface area contributed by atoms with Gasteiger partial charge in [0.2, 0.25) is 11.8 Å². The van der Waals surface area contributed by atoms with Crippen molar-refractivity contribution in [3.63, 3.8) is 0 Å². The number of nitrogens with zero attached hydrogens (tertiary/aromatic N) is 2. The van der Waals surface area contributed by atoms with Crippen molar-refractivity contribution < 1.29 is 9.53 Å². The number of ether oxygens (including phenoxy) is 1. The Morgan fingerprint density at radius 3 is 2.72 bits per heavy atom. The van der Waals surface area contributed by atoms with E-state index in [1.165, 1.54) is 6.33 Å². The van der Waals surface area contributed by atoms with Crippen LogP contribution < -0.4 is 15.8 Å². The van der Waals surface area contributed by atoms with Gasteiger partial charge in [0.05, 0.1) is 17.6 Å². The molecule has 0 aromatic carbocycles. The molecule has 1 heterocycles. The second-order valence-corrected chi connectivity index (χ2v) is 4.69. The molecule has 0 unspecified atom stereocenters. The van der Waals surface area contributed by atoms with Gasteiger partial charge in [0.15, 0.2) is 0 Å². The molecule has 0 aliphatic rings. The number of hydrogen-bond donors (Lipinski definition) is 2. The fourth-order valence-electron chi connectivity index (χ4n) is 1.29. The van der Waals surface area contributed by atoms with E-state index in [1.807, 2.05) is 13.8 Å². The zero-order valence-electron chi connectivity index (χ0n) is 11.3. The molecule has 0 saturated carbocycles. The minimum absolute atomic E-state index is 0.355. The topological polar surface area (TPSA) is 90.1 Å². The van der Waals surface area contributed by atoms with Crippen molar-refractivity contribution in [2.45, 2.75) is 27.7 Å². The van der Waals surface area contributed by atoms with Crippen LogP contribution in [0.1, 0.15) is 26.3 Å². The molecular weight excluding hydrogens is 232 g/mol. The average molecular weight is 252 g/mol. The maximum absolute atomic E-state index is 11.2. The van der Waals surface area contributed by atoms with Gasteiger partial charge in [-0.05, 0) is 27.7 Å². The molecule has 1 aromatic heterocycles. The van der Waals surface area contributed by atoms with Gasteiger partial charge >= 0.3 is 0 Å². The summed E-state index contributed by atoms with van der Waals surface area (Å²) in [4.78, 5) is 19.4. The lowest BCUT2D eigenvalue weighted by molar-refractivity contribution is -0.125. The Hall–Kier alpha value is -1.85. The van der Waals surface area contributed by atoms with E-state index in [4.69, 9.17) is 10.5 Å². The van der Waals surface area contributed by atoms with E-state index >= 15 is 0 Å². The van der Waals surface area contributed by atoms with Crippen molar-refractivity contribution >= 4 is 11.7 Å². The van der Waals surface area contributed by atoms with Gasteiger partial charge in [0, 0.05) is 6.54 Å². The summed E-state index contributed by atoms with van der Waals surface area (Å²) >= 11 is 0. The monoisotopic (exact) mass is 252 g/mol. The van der Waals surface area contributed by atoms with Gasteiger partial charge in [-0.2, -0.15) is 0 Å². The minimum Gasteiger partial charge on any atom is -0.478 e. The third kappa shape index (κ3) is 3.32. The molecule has 0 aliphatic carbocycles. The maximum atomic E-state index is 11.2. The second-order valence-electron chi connectivity index (χ2n) is 4.69. The number of hydrogen-bond acceptors (Lipinski definition) is 5. The lowest BCUT2D eigenvalue weighted by atomic mass is 9.93. The molecule has 3 N–H and O–H groups in total. The van der Waals surface area contributed by atoms with Crippen molar-refractivity contribution in [3.8, 4) is 5.88 Å². The van der Waals surface area contributed by atoms with Crippen molar-refractivity contribution in [2.75, 3.05) is 18.5 Å². The number of amides is 1. The van der Waals surface area contributed by atoms with Gasteiger partial charge in [-0.1, -0.05) is 0 Å². The third-order valence-electron chi connectivity index (χ3n) is 2.68. The summed E-state index contributed by atoms with van der Waals surface area (Å²) in [7, 11) is 0. The lowest BCUT2D eigenvalue weighted by Gasteiger charge is -2.21. The number of primary amides is 1. The first-order valence-electron chi connectivity index (χ1n) is 5.86. The van der Waals surface area contributed by atoms with Crippen LogP contribution in [0.2, 0.25) is 0 Å². The number of carbonyl (C=O) groups is 1. The smallest absolute Gasteiger partial charge is 0.224 e. The first-order valence-corrected chi connectivity index (χ1v) is 5.86. The quantitative estimate of drug-likeness (QED) is 0.791. The first-order chi connectivity index (χ1) is 8.38. The molecule has 6 nitrogen and oxygen atoms in total. The summed E-state index contributed by atoms with van der Waals surface area (Å²) in [6, 6.07) is 0. The SMILES string of the molecule is CCOc1ncnc(NCC(C)(C)C(N)=O)c1C. The van der Waals surface area contributed by atoms with Gasteiger partial charge in [-0.15, -0.1) is 0 Å². The molecule has 6 heteroatoms. The Morgan fingerprint density at radius 1 is 1.50 bits per heavy atom. The standard InChI is InChI=1S/C12H20N4O2/c1-5-18-10-8(2)9(15-7-16-10)14-6-12(3,4)11(13)17/h7H,5-6H2,1-4H3,(H2,13,17)(H,14,15,16). The van der Waals surface area contributed by atoms with E-state index in [-0.39, 0.29) is 5.91 Å². The third-order valence-corrected chi connectivity index (χ3v) is 2.68. The zero-order chi connectivity index (χ0) is 13.8. The Bertz CT molecular complexity index is 432. The van der Waals surface area contributed by atoms with Crippen LogP contribution in [0.15, 0.2) is 6.33 Å². The van der Waals surface area contributed by atoms with Gasteiger partial charge in [-0.25, -0.2) is 9.97 Å². The molecule has 0 fully saturated rings. The molecule has 18 heavy (non-hydrogen) atoms. The molecule has 1 amide bonds. The minimum atomic E-state index is -0.636. The fraction of sp³-hybridized carbons (Fsp3) is 0.583. The lowest BCUT2D eigenvalue weighted by Crippen LogP contribution is -2.37. The predicted octanol–water partition coefficient (Wildman–Crippen LogP) is 1.11. The highest BCUT2D eigenvalue weighted by Gasteiger charge is 2.25. The molecule has 1 aromatic rings. The molecule has 0 aliphatic heterocycles. The summed E-state index contributed by atoms with van der Waals surface area (Å²) in [5.74, 6) is 0.849. The van der Waals surface area contributed by atoms with Crippen molar-refractivity contribution in [2.24, 2.45) is 11.1 Å². The summed E-state index contributed by atoms with van der Waals surface area (Å²) in [5.41, 5.74) is 5.50. The van der Waals surface area contributed by atoms with Crippen LogP contribution in [0.3, 0.4) is 0 Å². The van der Waals surface area contributed by atoms with Crippen molar-refractivity contribution in [3.05, 3.63) is 11.9 Å². The van der Waals surface area contributed by atoms with Gasteiger partial charge in [0.25, 0.3) is 0 Å². The van der Waals surface area contributed by atoms with E-state index in [1.54, 1.807) is 13.8 Å². The zero-order valence-corrected chi connectivity index (χ0v) is 11.3. The molecule has 0 spiro atoms. The van der Waals surface area contributed by atoms with Crippen molar-refractivity contribution in [1.82, 2.24) is 9.97 Å². The molecular formula is C12H20N4O2. The highest BCUT2D eigenvalue weighted by Crippen LogP contribution is 2.22. The van der Waals surface area contributed by atoms with E-state index in [9.17, 15) is 4.79 Å². The highest BCUT2D eigenvalue weighted by atomic mass is 16.5. The Morgan fingerprint density at radius 2 is 2.17 bits per heavy atom. The largest absolute Gasteiger partial charge is 0.478 e. The summed E-state index contributed by atoms with van der Waals surface area (Å²) in [6.07, 6.45) is 1.43. The van der Waals surface area contributed by atoms with E-state index in [0.717, 1.165) is 5.56 Å². The molecule has 0 bridgehead atoms. The highest BCUT2D eigenvalue weighted by molar-refractivity contribution is 5.80. The number of aromatic nitrogens is 2. The van der Waals surface area contributed by atoms with E-state index < -0.39 is 5.41 Å². The summed E-state index contributed by atoms with van der Waals surface area (Å²) < 4.78 is 5.37. The maximum Gasteiger partial charge on any atom is 0.224 e. The van der Waals surface area contributed by atoms with Crippen LogP contribution in [-0.4, -0.2) is 29.0 Å². The van der Waals surface area contributed by atoms with Crippen LogP contribution in [0, 0.1) is 12.3 Å². The average Bonchev–Trinajstić information content (AvgIpc) is 2.30. The predicted molar refractivity (Wildman–Crippen MR) is 69.4 cm³/mol. The number of carbonyl (C=O) groups excluding carboxylic acids is 1. The number of nitrogens with one attached hydrogen (secondary N) is 1. The van der Waals surface area contributed by atoms with Crippen LogP contribution in [0.5, 0.6) is 5.88 Å². The van der Waals surface area contributed by atoms with Crippen LogP contribution in [0.4, 0.5) is 5.82 Å². The normalized spacial score (nSPS) is 11.1.